The highest BCUT2D eigenvalue weighted by molar-refractivity contribution is 9.11. The Bertz CT molecular complexity index is 374. The van der Waals surface area contributed by atoms with E-state index in [0.29, 0.717) is 0 Å². The molecule has 1 aromatic rings. The summed E-state index contributed by atoms with van der Waals surface area (Å²) in [7, 11) is 0. The maximum atomic E-state index is 9.78. The summed E-state index contributed by atoms with van der Waals surface area (Å²) in [5.41, 5.74) is 1.01. The van der Waals surface area contributed by atoms with Crippen molar-refractivity contribution in [2.75, 3.05) is 5.32 Å². The van der Waals surface area contributed by atoms with Crippen molar-refractivity contribution in [1.82, 2.24) is 0 Å². The Morgan fingerprint density at radius 2 is 1.75 bits per heavy atom. The molecular formula is C11H12Br3NO. The number of halogens is 3. The van der Waals surface area contributed by atoms with Crippen molar-refractivity contribution in [2.45, 2.75) is 31.4 Å². The second kappa shape index (κ2) is 5.38. The van der Waals surface area contributed by atoms with Crippen molar-refractivity contribution < 1.29 is 5.11 Å². The molecule has 2 N–H and O–H groups in total. The first-order valence-corrected chi connectivity index (χ1v) is 7.55. The number of anilines is 1. The standard InChI is InChI=1S/C11H12Br3NO/c12-6-4-7(13)11(8(14)5-6)15-9-2-1-3-10(9)16/h4-5,9-10,15-16H,1-3H2. The Hall–Kier alpha value is 0.420. The molecule has 0 heterocycles. The molecule has 88 valence electrons. The SMILES string of the molecule is OC1CCCC1Nc1c(Br)cc(Br)cc1Br. The molecule has 2 atom stereocenters. The number of aliphatic hydroxyl groups excluding tert-OH is 1. The largest absolute Gasteiger partial charge is 0.391 e. The zero-order valence-corrected chi connectivity index (χ0v) is 13.3. The van der Waals surface area contributed by atoms with E-state index in [-0.39, 0.29) is 12.1 Å². The normalized spacial score (nSPS) is 24.8. The molecule has 0 radical (unpaired) electrons. The lowest BCUT2D eigenvalue weighted by atomic mass is 10.2. The highest BCUT2D eigenvalue weighted by atomic mass is 79.9. The van der Waals surface area contributed by atoms with E-state index in [2.05, 4.69) is 53.1 Å². The van der Waals surface area contributed by atoms with Crippen LogP contribution >= 0.6 is 47.8 Å². The van der Waals surface area contributed by atoms with Crippen molar-refractivity contribution in [3.63, 3.8) is 0 Å². The number of rotatable bonds is 2. The number of benzene rings is 1. The molecule has 2 nitrogen and oxygen atoms in total. The summed E-state index contributed by atoms with van der Waals surface area (Å²) >= 11 is 10.5. The van der Waals surface area contributed by atoms with Crippen molar-refractivity contribution in [2.24, 2.45) is 0 Å². The Morgan fingerprint density at radius 3 is 2.25 bits per heavy atom. The summed E-state index contributed by atoms with van der Waals surface area (Å²) in [5.74, 6) is 0. The lowest BCUT2D eigenvalue weighted by molar-refractivity contribution is 0.172. The van der Waals surface area contributed by atoms with Crippen LogP contribution in [0, 0.1) is 0 Å². The molecule has 5 heteroatoms. The lowest BCUT2D eigenvalue weighted by Gasteiger charge is -2.20. The van der Waals surface area contributed by atoms with Gasteiger partial charge in [-0.05, 0) is 63.3 Å². The topological polar surface area (TPSA) is 32.3 Å². The molecule has 0 aromatic heterocycles. The van der Waals surface area contributed by atoms with E-state index in [1.807, 2.05) is 12.1 Å². The number of hydrogen-bond acceptors (Lipinski definition) is 2. The van der Waals surface area contributed by atoms with Crippen molar-refractivity contribution in [3.8, 4) is 0 Å². The van der Waals surface area contributed by atoms with E-state index >= 15 is 0 Å². The van der Waals surface area contributed by atoms with E-state index in [9.17, 15) is 5.11 Å². The molecule has 2 unspecified atom stereocenters. The van der Waals surface area contributed by atoms with Gasteiger partial charge in [-0.2, -0.15) is 0 Å². The fourth-order valence-electron chi connectivity index (χ4n) is 1.97. The van der Waals surface area contributed by atoms with Gasteiger partial charge in [-0.25, -0.2) is 0 Å². The van der Waals surface area contributed by atoms with Gasteiger partial charge in [0.05, 0.1) is 17.8 Å². The first-order chi connectivity index (χ1) is 7.58. The predicted octanol–water partition coefficient (Wildman–Crippen LogP) is 4.30. The number of aliphatic hydroxyl groups is 1. The molecule has 2 rings (SSSR count). The third kappa shape index (κ3) is 2.81. The zero-order valence-electron chi connectivity index (χ0n) is 8.51. The van der Waals surface area contributed by atoms with Gasteiger partial charge in [-0.1, -0.05) is 15.9 Å². The summed E-state index contributed by atoms with van der Waals surface area (Å²) in [6.45, 7) is 0. The molecule has 0 amide bonds. The summed E-state index contributed by atoms with van der Waals surface area (Å²) in [4.78, 5) is 0. The van der Waals surface area contributed by atoms with Gasteiger partial charge in [0.25, 0.3) is 0 Å². The Kier molecular flexibility index (Phi) is 4.32. The minimum Gasteiger partial charge on any atom is -0.391 e. The third-order valence-corrected chi connectivity index (χ3v) is 4.52. The second-order valence-corrected chi connectivity index (χ2v) is 6.62. The highest BCUT2D eigenvalue weighted by Crippen LogP contribution is 2.36. The van der Waals surface area contributed by atoms with Gasteiger partial charge in [0, 0.05) is 13.4 Å². The zero-order chi connectivity index (χ0) is 11.7. The number of nitrogens with one attached hydrogen (secondary N) is 1. The molecule has 16 heavy (non-hydrogen) atoms. The van der Waals surface area contributed by atoms with Crippen LogP contribution in [0.25, 0.3) is 0 Å². The molecule has 0 aliphatic heterocycles. The van der Waals surface area contributed by atoms with Gasteiger partial charge in [-0.3, -0.25) is 0 Å². The van der Waals surface area contributed by atoms with Crippen LogP contribution in [0.1, 0.15) is 19.3 Å². The maximum absolute atomic E-state index is 9.78. The second-order valence-electron chi connectivity index (χ2n) is 3.99. The van der Waals surface area contributed by atoms with Gasteiger partial charge >= 0.3 is 0 Å². The third-order valence-electron chi connectivity index (χ3n) is 2.82. The van der Waals surface area contributed by atoms with Crippen LogP contribution in [0.15, 0.2) is 25.6 Å². The van der Waals surface area contributed by atoms with E-state index in [1.54, 1.807) is 0 Å². The molecule has 1 fully saturated rings. The highest BCUT2D eigenvalue weighted by Gasteiger charge is 2.26. The molecule has 0 saturated heterocycles. The van der Waals surface area contributed by atoms with E-state index < -0.39 is 0 Å². The quantitative estimate of drug-likeness (QED) is 0.757. The summed E-state index contributed by atoms with van der Waals surface area (Å²) in [5, 5.41) is 13.2. The van der Waals surface area contributed by atoms with Crippen LogP contribution in [-0.2, 0) is 0 Å². The van der Waals surface area contributed by atoms with Crippen LogP contribution in [0.2, 0.25) is 0 Å². The minimum atomic E-state index is -0.234. The van der Waals surface area contributed by atoms with Crippen LogP contribution < -0.4 is 5.32 Å². The van der Waals surface area contributed by atoms with E-state index in [0.717, 1.165) is 38.4 Å². The van der Waals surface area contributed by atoms with Crippen molar-refractivity contribution >= 4 is 53.5 Å². The van der Waals surface area contributed by atoms with Crippen LogP contribution in [0.3, 0.4) is 0 Å². The van der Waals surface area contributed by atoms with Crippen molar-refractivity contribution in [3.05, 3.63) is 25.6 Å². The fraction of sp³-hybridized carbons (Fsp3) is 0.455. The van der Waals surface area contributed by atoms with Gasteiger partial charge in [0.1, 0.15) is 0 Å². The maximum Gasteiger partial charge on any atom is 0.0741 e. The minimum absolute atomic E-state index is 0.161. The van der Waals surface area contributed by atoms with Gasteiger partial charge < -0.3 is 10.4 Å². The van der Waals surface area contributed by atoms with Crippen LogP contribution in [0.4, 0.5) is 5.69 Å². The average Bonchev–Trinajstić information content (AvgIpc) is 2.57. The van der Waals surface area contributed by atoms with Gasteiger partial charge in [-0.15, -0.1) is 0 Å². The number of hydrogen-bond donors (Lipinski definition) is 2. The Balaban J connectivity index is 2.21. The molecule has 1 saturated carbocycles. The molecule has 1 aromatic carbocycles. The Morgan fingerprint density at radius 1 is 1.12 bits per heavy atom. The average molecular weight is 414 g/mol. The lowest BCUT2D eigenvalue weighted by Crippen LogP contribution is -2.28. The van der Waals surface area contributed by atoms with E-state index in [4.69, 9.17) is 0 Å². The monoisotopic (exact) mass is 411 g/mol. The molecule has 1 aliphatic rings. The van der Waals surface area contributed by atoms with Crippen LogP contribution in [0.5, 0.6) is 0 Å². The van der Waals surface area contributed by atoms with E-state index in [1.165, 1.54) is 0 Å². The Labute approximate surface area is 120 Å². The molecule has 1 aliphatic carbocycles. The smallest absolute Gasteiger partial charge is 0.0741 e. The summed E-state index contributed by atoms with van der Waals surface area (Å²) < 4.78 is 3.00. The van der Waals surface area contributed by atoms with Crippen LogP contribution in [-0.4, -0.2) is 17.3 Å². The first-order valence-electron chi connectivity index (χ1n) is 5.17. The molecule has 0 bridgehead atoms. The molecule has 0 spiro atoms. The fourth-order valence-corrected chi connectivity index (χ4v) is 4.46. The van der Waals surface area contributed by atoms with Gasteiger partial charge in [0.15, 0.2) is 0 Å². The predicted molar refractivity (Wildman–Crippen MR) is 76.8 cm³/mol. The van der Waals surface area contributed by atoms with Gasteiger partial charge in [0.2, 0.25) is 0 Å². The van der Waals surface area contributed by atoms with Crippen molar-refractivity contribution in [1.29, 1.82) is 0 Å². The first kappa shape index (κ1) is 12.9. The summed E-state index contributed by atoms with van der Waals surface area (Å²) in [6, 6.07) is 4.15. The molecular weight excluding hydrogens is 402 g/mol. The summed E-state index contributed by atoms with van der Waals surface area (Å²) in [6.07, 6.45) is 2.77.